The lowest BCUT2D eigenvalue weighted by molar-refractivity contribution is -0.132. The summed E-state index contributed by atoms with van der Waals surface area (Å²) in [4.78, 5) is 4.50. The molecule has 4 heteroatoms. The van der Waals surface area contributed by atoms with Crippen LogP contribution in [-0.4, -0.2) is 23.7 Å². The zero-order chi connectivity index (χ0) is 12.6. The lowest BCUT2D eigenvalue weighted by atomic mass is 9.68. The van der Waals surface area contributed by atoms with E-state index in [9.17, 15) is 0 Å². The fourth-order valence-electron chi connectivity index (χ4n) is 3.20. The van der Waals surface area contributed by atoms with E-state index in [2.05, 4.69) is 29.5 Å². The molecule has 3 rings (SSSR count). The molecule has 1 N–H and O–H groups in total. The summed E-state index contributed by atoms with van der Waals surface area (Å²) in [5.74, 6) is 0. The normalized spacial score (nSPS) is 30.4. The Bertz CT molecular complexity index is 392. The van der Waals surface area contributed by atoms with Crippen LogP contribution in [0.1, 0.15) is 50.6 Å². The summed E-state index contributed by atoms with van der Waals surface area (Å²) in [5, 5.41) is 6.88. The number of hydrogen-bond acceptors (Lipinski definition) is 4. The Morgan fingerprint density at radius 1 is 1.33 bits per heavy atom. The lowest BCUT2D eigenvalue weighted by Gasteiger charge is -2.49. The van der Waals surface area contributed by atoms with E-state index in [0.717, 1.165) is 26.0 Å². The largest absolute Gasteiger partial charge is 0.372 e. The average Bonchev–Trinajstić information content (AvgIpc) is 2.88. The minimum Gasteiger partial charge on any atom is -0.372 e. The Morgan fingerprint density at radius 2 is 2.11 bits per heavy atom. The number of aromatic nitrogens is 1. The Kier molecular flexibility index (Phi) is 3.20. The molecule has 18 heavy (non-hydrogen) atoms. The summed E-state index contributed by atoms with van der Waals surface area (Å²) in [6.07, 6.45) is 6.69. The number of nitrogens with one attached hydrogen (secondary N) is 1. The monoisotopic (exact) mass is 266 g/mol. The first-order valence-corrected chi connectivity index (χ1v) is 7.76. The second-order valence-corrected chi connectivity index (χ2v) is 7.26. The van der Waals surface area contributed by atoms with Crippen LogP contribution in [0.3, 0.4) is 0 Å². The first-order valence-electron chi connectivity index (χ1n) is 6.88. The van der Waals surface area contributed by atoms with Crippen molar-refractivity contribution in [1.82, 2.24) is 10.3 Å². The van der Waals surface area contributed by atoms with Crippen LogP contribution >= 0.6 is 11.3 Å². The van der Waals surface area contributed by atoms with Crippen molar-refractivity contribution in [1.29, 1.82) is 0 Å². The average molecular weight is 266 g/mol. The van der Waals surface area contributed by atoms with Crippen molar-refractivity contribution in [2.24, 2.45) is 5.41 Å². The first kappa shape index (κ1) is 12.6. The molecule has 0 amide bonds. The van der Waals surface area contributed by atoms with Crippen molar-refractivity contribution in [2.75, 3.05) is 13.2 Å². The van der Waals surface area contributed by atoms with Gasteiger partial charge in [-0.3, -0.25) is 0 Å². The highest BCUT2D eigenvalue weighted by Gasteiger charge is 2.47. The van der Waals surface area contributed by atoms with Gasteiger partial charge in [-0.15, -0.1) is 11.3 Å². The van der Waals surface area contributed by atoms with Gasteiger partial charge in [-0.25, -0.2) is 4.98 Å². The van der Waals surface area contributed by atoms with Gasteiger partial charge >= 0.3 is 0 Å². The Labute approximate surface area is 113 Å². The molecule has 1 atom stereocenters. The summed E-state index contributed by atoms with van der Waals surface area (Å²) >= 11 is 1.74. The summed E-state index contributed by atoms with van der Waals surface area (Å²) in [6.45, 7) is 6.51. The minimum atomic E-state index is -0.00831. The van der Waals surface area contributed by atoms with E-state index in [4.69, 9.17) is 4.74 Å². The van der Waals surface area contributed by atoms with Gasteiger partial charge in [0.2, 0.25) is 0 Å². The van der Waals surface area contributed by atoms with Gasteiger partial charge in [0.05, 0.1) is 18.2 Å². The molecule has 2 fully saturated rings. The van der Waals surface area contributed by atoms with Gasteiger partial charge in [0.1, 0.15) is 5.01 Å². The van der Waals surface area contributed by atoms with E-state index < -0.39 is 0 Å². The fraction of sp³-hybridized carbons (Fsp3) is 0.786. The molecule has 1 spiro atoms. The molecule has 100 valence electrons. The van der Waals surface area contributed by atoms with Crippen molar-refractivity contribution in [3.05, 3.63) is 16.6 Å². The predicted octanol–water partition coefficient (Wildman–Crippen LogP) is 3.14. The predicted molar refractivity (Wildman–Crippen MR) is 73.8 cm³/mol. The summed E-state index contributed by atoms with van der Waals surface area (Å²) in [6, 6.07) is 0.294. The third-order valence-corrected chi connectivity index (χ3v) is 5.35. The molecule has 1 saturated carbocycles. The van der Waals surface area contributed by atoms with Gasteiger partial charge in [0, 0.05) is 18.1 Å². The van der Waals surface area contributed by atoms with Crippen molar-refractivity contribution < 1.29 is 4.74 Å². The smallest absolute Gasteiger partial charge is 0.112 e. The Hall–Kier alpha value is -0.450. The van der Waals surface area contributed by atoms with E-state index in [1.54, 1.807) is 11.3 Å². The molecule has 1 unspecified atom stereocenters. The zero-order valence-electron chi connectivity index (χ0n) is 11.2. The number of hydrogen-bond donors (Lipinski definition) is 1. The third kappa shape index (κ3) is 2.22. The highest BCUT2D eigenvalue weighted by molar-refractivity contribution is 7.09. The molecule has 1 saturated heterocycles. The van der Waals surface area contributed by atoms with Gasteiger partial charge in [-0.2, -0.15) is 0 Å². The number of ether oxygens (including phenoxy) is 1. The second-order valence-electron chi connectivity index (χ2n) is 6.33. The summed E-state index contributed by atoms with van der Waals surface area (Å²) < 4.78 is 6.24. The molecule has 1 aliphatic carbocycles. The van der Waals surface area contributed by atoms with Crippen LogP contribution in [0.15, 0.2) is 11.6 Å². The molecular formula is C14H22N2OS. The standard InChI is InChI=1S/C14H22N2OS/c1-13(2)3-5-14(6-4-13)11(15-7-9-17-14)12-16-8-10-18-12/h8,10-11,15H,3-7,9H2,1-2H3. The van der Waals surface area contributed by atoms with Gasteiger partial charge in [-0.05, 0) is 31.1 Å². The minimum absolute atomic E-state index is 0.00831. The first-order chi connectivity index (χ1) is 8.61. The molecular weight excluding hydrogens is 244 g/mol. The molecule has 3 nitrogen and oxygen atoms in total. The third-order valence-electron chi connectivity index (χ3n) is 4.51. The topological polar surface area (TPSA) is 34.1 Å². The van der Waals surface area contributed by atoms with Gasteiger partial charge in [-0.1, -0.05) is 13.8 Å². The van der Waals surface area contributed by atoms with Crippen LogP contribution in [0.4, 0.5) is 0 Å². The van der Waals surface area contributed by atoms with Crippen LogP contribution in [0.25, 0.3) is 0 Å². The number of nitrogens with zero attached hydrogens (tertiary/aromatic N) is 1. The quantitative estimate of drug-likeness (QED) is 0.848. The van der Waals surface area contributed by atoms with Crippen molar-refractivity contribution in [2.45, 2.75) is 51.2 Å². The van der Waals surface area contributed by atoms with Crippen LogP contribution in [-0.2, 0) is 4.74 Å². The van der Waals surface area contributed by atoms with E-state index in [0.29, 0.717) is 11.5 Å². The zero-order valence-corrected chi connectivity index (χ0v) is 12.1. The van der Waals surface area contributed by atoms with Gasteiger partial charge in [0.25, 0.3) is 0 Å². The Balaban J connectivity index is 1.84. The molecule has 2 aliphatic rings. The molecule has 0 bridgehead atoms. The van der Waals surface area contributed by atoms with Crippen LogP contribution in [0.5, 0.6) is 0 Å². The van der Waals surface area contributed by atoms with Crippen LogP contribution in [0.2, 0.25) is 0 Å². The molecule has 2 heterocycles. The number of rotatable bonds is 1. The number of morpholine rings is 1. The van der Waals surface area contributed by atoms with E-state index in [1.807, 2.05) is 6.20 Å². The summed E-state index contributed by atoms with van der Waals surface area (Å²) in [7, 11) is 0. The molecule has 1 aliphatic heterocycles. The van der Waals surface area contributed by atoms with Crippen molar-refractivity contribution in [3.8, 4) is 0 Å². The lowest BCUT2D eigenvalue weighted by Crippen LogP contribution is -2.54. The molecule has 0 aromatic carbocycles. The van der Waals surface area contributed by atoms with Crippen molar-refractivity contribution >= 4 is 11.3 Å². The van der Waals surface area contributed by atoms with Crippen molar-refractivity contribution in [3.63, 3.8) is 0 Å². The maximum absolute atomic E-state index is 6.24. The fourth-order valence-corrected chi connectivity index (χ4v) is 4.02. The maximum atomic E-state index is 6.24. The number of thiazole rings is 1. The maximum Gasteiger partial charge on any atom is 0.112 e. The molecule has 1 aromatic heterocycles. The summed E-state index contributed by atoms with van der Waals surface area (Å²) in [5.41, 5.74) is 0.463. The second kappa shape index (κ2) is 4.58. The van der Waals surface area contributed by atoms with Crippen LogP contribution < -0.4 is 5.32 Å². The molecule has 1 aromatic rings. The van der Waals surface area contributed by atoms with E-state index >= 15 is 0 Å². The molecule has 0 radical (unpaired) electrons. The van der Waals surface area contributed by atoms with Crippen LogP contribution in [0, 0.1) is 5.41 Å². The Morgan fingerprint density at radius 3 is 2.78 bits per heavy atom. The highest BCUT2D eigenvalue weighted by atomic mass is 32.1. The van der Waals surface area contributed by atoms with Gasteiger partial charge in [0.15, 0.2) is 0 Å². The van der Waals surface area contributed by atoms with E-state index in [1.165, 1.54) is 17.8 Å². The highest BCUT2D eigenvalue weighted by Crippen LogP contribution is 2.48. The van der Waals surface area contributed by atoms with Gasteiger partial charge < -0.3 is 10.1 Å². The SMILES string of the molecule is CC1(C)CCC2(CC1)OCCNC2c1nccs1. The van der Waals surface area contributed by atoms with E-state index in [-0.39, 0.29) is 5.60 Å².